The molecular formula is C17H20N2O4S. The van der Waals surface area contributed by atoms with Crippen LogP contribution in [-0.2, 0) is 14.8 Å². The van der Waals surface area contributed by atoms with Crippen LogP contribution in [0.2, 0.25) is 0 Å². The Hall–Kier alpha value is -2.54. The minimum atomic E-state index is -3.79. The number of carbonyl (C=O) groups is 1. The number of hydrogen-bond donors (Lipinski definition) is 1. The summed E-state index contributed by atoms with van der Waals surface area (Å²) in [5.41, 5.74) is 1.39. The molecular weight excluding hydrogens is 328 g/mol. The molecule has 2 rings (SSSR count). The molecule has 2 aromatic carbocycles. The highest BCUT2D eigenvalue weighted by molar-refractivity contribution is 7.92. The number of rotatable bonds is 5. The van der Waals surface area contributed by atoms with Gasteiger partial charge in [0.25, 0.3) is 10.0 Å². The minimum absolute atomic E-state index is 0.156. The van der Waals surface area contributed by atoms with Gasteiger partial charge in [-0.1, -0.05) is 12.1 Å². The Morgan fingerprint density at radius 2 is 1.83 bits per heavy atom. The average Bonchev–Trinajstić information content (AvgIpc) is 2.53. The van der Waals surface area contributed by atoms with Crippen molar-refractivity contribution >= 4 is 27.3 Å². The number of amides is 1. The zero-order valence-electron chi connectivity index (χ0n) is 14.0. The molecule has 0 aromatic heterocycles. The number of hydrogen-bond acceptors (Lipinski definition) is 4. The molecule has 0 heterocycles. The van der Waals surface area contributed by atoms with Gasteiger partial charge in [0.1, 0.15) is 5.75 Å². The van der Waals surface area contributed by atoms with E-state index in [0.29, 0.717) is 22.7 Å². The van der Waals surface area contributed by atoms with Gasteiger partial charge in [-0.3, -0.25) is 9.52 Å². The third-order valence-corrected chi connectivity index (χ3v) is 5.18. The quantitative estimate of drug-likeness (QED) is 0.901. The van der Waals surface area contributed by atoms with E-state index in [1.54, 1.807) is 50.4 Å². The van der Waals surface area contributed by atoms with E-state index in [1.165, 1.54) is 25.0 Å². The molecule has 1 amide bonds. The molecule has 24 heavy (non-hydrogen) atoms. The fourth-order valence-corrected chi connectivity index (χ4v) is 3.57. The number of benzene rings is 2. The summed E-state index contributed by atoms with van der Waals surface area (Å²) in [6, 6.07) is 11.5. The molecule has 0 atom stereocenters. The van der Waals surface area contributed by atoms with E-state index in [1.807, 2.05) is 0 Å². The van der Waals surface area contributed by atoms with Gasteiger partial charge in [0.05, 0.1) is 23.4 Å². The molecule has 0 spiro atoms. The molecule has 0 aliphatic carbocycles. The van der Waals surface area contributed by atoms with Crippen LogP contribution < -0.4 is 14.4 Å². The monoisotopic (exact) mass is 348 g/mol. The van der Waals surface area contributed by atoms with Gasteiger partial charge in [-0.25, -0.2) is 8.42 Å². The first kappa shape index (κ1) is 17.8. The van der Waals surface area contributed by atoms with Crippen molar-refractivity contribution in [2.45, 2.75) is 18.7 Å². The van der Waals surface area contributed by atoms with Gasteiger partial charge < -0.3 is 9.64 Å². The van der Waals surface area contributed by atoms with Gasteiger partial charge in [0.15, 0.2) is 0 Å². The van der Waals surface area contributed by atoms with Crippen LogP contribution in [0.4, 0.5) is 11.4 Å². The van der Waals surface area contributed by atoms with E-state index >= 15 is 0 Å². The normalized spacial score (nSPS) is 11.0. The number of para-hydroxylation sites is 2. The van der Waals surface area contributed by atoms with Crippen LogP contribution in [0.1, 0.15) is 12.5 Å². The van der Waals surface area contributed by atoms with Crippen LogP contribution in [0.15, 0.2) is 47.4 Å². The van der Waals surface area contributed by atoms with Crippen LogP contribution in [0.5, 0.6) is 5.75 Å². The summed E-state index contributed by atoms with van der Waals surface area (Å²) < 4.78 is 33.1. The fraction of sp³-hybridized carbons (Fsp3) is 0.235. The van der Waals surface area contributed by atoms with Crippen molar-refractivity contribution in [1.82, 2.24) is 0 Å². The zero-order valence-corrected chi connectivity index (χ0v) is 14.8. The van der Waals surface area contributed by atoms with E-state index in [2.05, 4.69) is 4.72 Å². The minimum Gasteiger partial charge on any atom is -0.497 e. The van der Waals surface area contributed by atoms with Gasteiger partial charge in [-0.2, -0.15) is 0 Å². The Kier molecular flexibility index (Phi) is 5.14. The van der Waals surface area contributed by atoms with Gasteiger partial charge in [-0.15, -0.1) is 0 Å². The maximum atomic E-state index is 12.7. The van der Waals surface area contributed by atoms with Crippen LogP contribution in [0.25, 0.3) is 0 Å². The molecule has 0 unspecified atom stereocenters. The van der Waals surface area contributed by atoms with Gasteiger partial charge in [-0.05, 0) is 42.8 Å². The molecule has 7 heteroatoms. The lowest BCUT2D eigenvalue weighted by Gasteiger charge is -2.20. The van der Waals surface area contributed by atoms with Gasteiger partial charge >= 0.3 is 0 Å². The second kappa shape index (κ2) is 6.92. The van der Waals surface area contributed by atoms with E-state index in [0.717, 1.165) is 0 Å². The standard InChI is InChI=1S/C17H20N2O4S/c1-12-11-14(23-4)9-10-17(12)24(21,22)18-15-7-5-6-8-16(15)19(3)13(2)20/h5-11,18H,1-4H3. The van der Waals surface area contributed by atoms with Crippen molar-refractivity contribution in [3.8, 4) is 5.75 Å². The maximum Gasteiger partial charge on any atom is 0.262 e. The first-order valence-corrected chi connectivity index (χ1v) is 8.75. The van der Waals surface area contributed by atoms with Crippen LogP contribution in [0, 0.1) is 6.92 Å². The van der Waals surface area contributed by atoms with Crippen LogP contribution >= 0.6 is 0 Å². The molecule has 0 radical (unpaired) electrons. The van der Waals surface area contributed by atoms with E-state index in [9.17, 15) is 13.2 Å². The number of sulfonamides is 1. The van der Waals surface area contributed by atoms with Gasteiger partial charge in [0.2, 0.25) is 5.91 Å². The lowest BCUT2D eigenvalue weighted by molar-refractivity contribution is -0.116. The molecule has 6 nitrogen and oxygen atoms in total. The highest BCUT2D eigenvalue weighted by atomic mass is 32.2. The first-order chi connectivity index (χ1) is 11.3. The number of aryl methyl sites for hydroxylation is 1. The smallest absolute Gasteiger partial charge is 0.262 e. The van der Waals surface area contributed by atoms with Crippen LogP contribution in [0.3, 0.4) is 0 Å². The third-order valence-electron chi connectivity index (χ3n) is 3.65. The summed E-state index contributed by atoms with van der Waals surface area (Å²) in [7, 11) is -0.680. The number of ether oxygens (including phenoxy) is 1. The molecule has 0 aliphatic rings. The molecule has 0 bridgehead atoms. The summed E-state index contributed by atoms with van der Waals surface area (Å²) in [4.78, 5) is 13.1. The summed E-state index contributed by atoms with van der Waals surface area (Å²) in [5.74, 6) is 0.394. The van der Waals surface area contributed by atoms with Crippen molar-refractivity contribution in [3.05, 3.63) is 48.0 Å². The van der Waals surface area contributed by atoms with Crippen molar-refractivity contribution in [1.29, 1.82) is 0 Å². The molecule has 1 N–H and O–H groups in total. The number of methoxy groups -OCH3 is 1. The SMILES string of the molecule is COc1ccc(S(=O)(=O)Nc2ccccc2N(C)C(C)=O)c(C)c1. The van der Waals surface area contributed by atoms with E-state index < -0.39 is 10.0 Å². The Bertz CT molecular complexity index is 863. The summed E-state index contributed by atoms with van der Waals surface area (Å²) in [5, 5.41) is 0. The number of carbonyl (C=O) groups excluding carboxylic acids is 1. The predicted molar refractivity (Wildman–Crippen MR) is 94.1 cm³/mol. The summed E-state index contributed by atoms with van der Waals surface area (Å²) in [6.45, 7) is 3.11. The van der Waals surface area contributed by atoms with Crippen molar-refractivity contribution in [2.24, 2.45) is 0 Å². The lowest BCUT2D eigenvalue weighted by Crippen LogP contribution is -2.25. The summed E-state index contributed by atoms with van der Waals surface area (Å²) in [6.07, 6.45) is 0. The predicted octanol–water partition coefficient (Wildman–Crippen LogP) is 2.79. The van der Waals surface area contributed by atoms with Crippen molar-refractivity contribution < 1.29 is 17.9 Å². The molecule has 0 aliphatic heterocycles. The highest BCUT2D eigenvalue weighted by Crippen LogP contribution is 2.29. The Morgan fingerprint density at radius 1 is 1.17 bits per heavy atom. The Morgan fingerprint density at radius 3 is 2.42 bits per heavy atom. The van der Waals surface area contributed by atoms with E-state index in [-0.39, 0.29) is 10.8 Å². The maximum absolute atomic E-state index is 12.7. The fourth-order valence-electron chi connectivity index (χ4n) is 2.27. The molecule has 0 saturated heterocycles. The Labute approximate surface area is 142 Å². The molecule has 0 fully saturated rings. The molecule has 128 valence electrons. The van der Waals surface area contributed by atoms with Crippen molar-refractivity contribution in [2.75, 3.05) is 23.8 Å². The van der Waals surface area contributed by atoms with Gasteiger partial charge in [0, 0.05) is 14.0 Å². The molecule has 0 saturated carbocycles. The molecule has 2 aromatic rings. The van der Waals surface area contributed by atoms with Crippen LogP contribution in [-0.4, -0.2) is 28.5 Å². The summed E-state index contributed by atoms with van der Waals surface area (Å²) >= 11 is 0. The van der Waals surface area contributed by atoms with E-state index in [4.69, 9.17) is 4.74 Å². The lowest BCUT2D eigenvalue weighted by atomic mass is 10.2. The number of anilines is 2. The second-order valence-electron chi connectivity index (χ2n) is 5.33. The number of nitrogens with one attached hydrogen (secondary N) is 1. The number of nitrogens with zero attached hydrogens (tertiary/aromatic N) is 1. The second-order valence-corrected chi connectivity index (χ2v) is 6.98. The Balaban J connectivity index is 2.42. The largest absolute Gasteiger partial charge is 0.497 e. The topological polar surface area (TPSA) is 75.7 Å². The zero-order chi connectivity index (χ0) is 17.9. The third kappa shape index (κ3) is 3.68. The van der Waals surface area contributed by atoms with Crippen molar-refractivity contribution in [3.63, 3.8) is 0 Å². The average molecular weight is 348 g/mol. The highest BCUT2D eigenvalue weighted by Gasteiger charge is 2.20. The first-order valence-electron chi connectivity index (χ1n) is 7.27.